The second-order valence-corrected chi connectivity index (χ2v) is 6.51. The number of carbonyl (C=O) groups excluding carboxylic acids is 1. The minimum absolute atomic E-state index is 0.226. The van der Waals surface area contributed by atoms with E-state index in [4.69, 9.17) is 14.2 Å². The lowest BCUT2D eigenvalue weighted by Gasteiger charge is -2.31. The van der Waals surface area contributed by atoms with E-state index in [0.717, 1.165) is 30.1 Å². The van der Waals surface area contributed by atoms with Crippen LogP contribution in [0.5, 0.6) is 11.5 Å². The Morgan fingerprint density at radius 2 is 1.76 bits per heavy atom. The summed E-state index contributed by atoms with van der Waals surface area (Å²) in [5.74, 6) is 1.12. The fourth-order valence-corrected chi connectivity index (χ4v) is 3.15. The van der Waals surface area contributed by atoms with Gasteiger partial charge in [0.05, 0.1) is 37.8 Å². The van der Waals surface area contributed by atoms with Gasteiger partial charge < -0.3 is 24.4 Å². The van der Waals surface area contributed by atoms with Crippen LogP contribution in [0.25, 0.3) is 6.08 Å². The standard InChI is InChI=1S/C23H28N2O4/c1-3-28-21-17-20(25-12-14-27-15-13-25)22(29-4-2)16-19(21)24-23(26)11-10-18-8-6-5-7-9-18/h5-11,16-17H,3-4,12-15H2,1-2H3,(H,24,26). The quantitative estimate of drug-likeness (QED) is 0.684. The summed E-state index contributed by atoms with van der Waals surface area (Å²) in [7, 11) is 0. The van der Waals surface area contributed by atoms with Crippen LogP contribution < -0.4 is 19.7 Å². The third kappa shape index (κ3) is 5.74. The van der Waals surface area contributed by atoms with Crippen molar-refractivity contribution in [3.05, 3.63) is 54.1 Å². The first-order chi connectivity index (χ1) is 14.2. The molecule has 1 fully saturated rings. The molecular weight excluding hydrogens is 368 g/mol. The van der Waals surface area contributed by atoms with E-state index < -0.39 is 0 Å². The zero-order valence-corrected chi connectivity index (χ0v) is 17.0. The van der Waals surface area contributed by atoms with Gasteiger partial charge in [-0.3, -0.25) is 4.79 Å². The zero-order chi connectivity index (χ0) is 20.5. The van der Waals surface area contributed by atoms with Gasteiger partial charge in [-0.2, -0.15) is 0 Å². The molecule has 2 aromatic rings. The number of hydrogen-bond donors (Lipinski definition) is 1. The summed E-state index contributed by atoms with van der Waals surface area (Å²) in [5.41, 5.74) is 2.51. The van der Waals surface area contributed by atoms with Crippen molar-refractivity contribution in [2.75, 3.05) is 49.7 Å². The highest BCUT2D eigenvalue weighted by Gasteiger charge is 2.20. The molecule has 0 aliphatic carbocycles. The first-order valence-electron chi connectivity index (χ1n) is 10.0. The maximum atomic E-state index is 12.5. The van der Waals surface area contributed by atoms with E-state index in [1.54, 1.807) is 6.08 Å². The first kappa shape index (κ1) is 20.7. The van der Waals surface area contributed by atoms with Gasteiger partial charge >= 0.3 is 0 Å². The molecule has 6 heteroatoms. The lowest BCUT2D eigenvalue weighted by molar-refractivity contribution is -0.111. The predicted octanol–water partition coefficient (Wildman–Crippen LogP) is 3.97. The molecule has 0 bridgehead atoms. The summed E-state index contributed by atoms with van der Waals surface area (Å²) in [6.45, 7) is 7.84. The number of anilines is 2. The molecule has 1 heterocycles. The van der Waals surface area contributed by atoms with Crippen molar-refractivity contribution >= 4 is 23.4 Å². The van der Waals surface area contributed by atoms with Crippen molar-refractivity contribution in [3.63, 3.8) is 0 Å². The molecule has 0 saturated carbocycles. The van der Waals surface area contributed by atoms with Gasteiger partial charge in [0, 0.05) is 31.3 Å². The van der Waals surface area contributed by atoms with Crippen LogP contribution in [-0.2, 0) is 9.53 Å². The van der Waals surface area contributed by atoms with Gasteiger partial charge in [0.1, 0.15) is 11.5 Å². The zero-order valence-electron chi connectivity index (χ0n) is 17.0. The molecule has 0 unspecified atom stereocenters. The maximum absolute atomic E-state index is 12.5. The summed E-state index contributed by atoms with van der Waals surface area (Å²) >= 11 is 0. The van der Waals surface area contributed by atoms with E-state index in [2.05, 4.69) is 10.2 Å². The van der Waals surface area contributed by atoms with E-state index in [-0.39, 0.29) is 5.91 Å². The highest BCUT2D eigenvalue weighted by Crippen LogP contribution is 2.39. The van der Waals surface area contributed by atoms with Crippen LogP contribution in [0, 0.1) is 0 Å². The van der Waals surface area contributed by atoms with Gasteiger partial charge in [0.2, 0.25) is 5.91 Å². The van der Waals surface area contributed by atoms with Crippen molar-refractivity contribution in [1.82, 2.24) is 0 Å². The molecule has 29 heavy (non-hydrogen) atoms. The molecule has 1 N–H and O–H groups in total. The van der Waals surface area contributed by atoms with Gasteiger partial charge in [0.25, 0.3) is 0 Å². The molecule has 1 aliphatic heterocycles. The number of hydrogen-bond acceptors (Lipinski definition) is 5. The van der Waals surface area contributed by atoms with Gasteiger partial charge in [0.15, 0.2) is 0 Å². The number of amides is 1. The van der Waals surface area contributed by atoms with Gasteiger partial charge in [-0.05, 0) is 25.5 Å². The van der Waals surface area contributed by atoms with Crippen molar-refractivity contribution < 1.29 is 19.0 Å². The molecule has 3 rings (SSSR count). The van der Waals surface area contributed by atoms with E-state index in [9.17, 15) is 4.79 Å². The van der Waals surface area contributed by atoms with E-state index in [1.165, 1.54) is 6.08 Å². The van der Waals surface area contributed by atoms with E-state index >= 15 is 0 Å². The molecule has 154 valence electrons. The average molecular weight is 396 g/mol. The monoisotopic (exact) mass is 396 g/mol. The third-order valence-electron chi connectivity index (χ3n) is 4.50. The molecule has 2 aromatic carbocycles. The molecule has 0 atom stereocenters. The maximum Gasteiger partial charge on any atom is 0.248 e. The Labute approximate surface area is 172 Å². The second kappa shape index (κ2) is 10.5. The highest BCUT2D eigenvalue weighted by molar-refractivity contribution is 6.03. The number of carbonyl (C=O) groups is 1. The summed E-state index contributed by atoms with van der Waals surface area (Å²) in [4.78, 5) is 14.7. The Morgan fingerprint density at radius 1 is 1.07 bits per heavy atom. The second-order valence-electron chi connectivity index (χ2n) is 6.51. The first-order valence-corrected chi connectivity index (χ1v) is 10.0. The molecule has 1 amide bonds. The highest BCUT2D eigenvalue weighted by atomic mass is 16.5. The van der Waals surface area contributed by atoms with Crippen LogP contribution >= 0.6 is 0 Å². The molecule has 1 aliphatic rings. The molecular formula is C23H28N2O4. The summed E-state index contributed by atoms with van der Waals surface area (Å²) in [6, 6.07) is 13.5. The number of ether oxygens (including phenoxy) is 3. The average Bonchev–Trinajstić information content (AvgIpc) is 2.75. The van der Waals surface area contributed by atoms with Crippen LogP contribution in [0.2, 0.25) is 0 Å². The van der Waals surface area contributed by atoms with E-state index in [0.29, 0.717) is 37.9 Å². The topological polar surface area (TPSA) is 60.0 Å². The number of nitrogens with one attached hydrogen (secondary N) is 1. The number of morpholine rings is 1. The van der Waals surface area contributed by atoms with Crippen molar-refractivity contribution in [2.24, 2.45) is 0 Å². The molecule has 0 radical (unpaired) electrons. The number of rotatable bonds is 8. The van der Waals surface area contributed by atoms with Crippen LogP contribution in [0.3, 0.4) is 0 Å². The third-order valence-corrected chi connectivity index (χ3v) is 4.50. The van der Waals surface area contributed by atoms with Crippen molar-refractivity contribution in [2.45, 2.75) is 13.8 Å². The minimum atomic E-state index is -0.226. The van der Waals surface area contributed by atoms with Crippen LogP contribution in [0.1, 0.15) is 19.4 Å². The molecule has 0 spiro atoms. The van der Waals surface area contributed by atoms with E-state index in [1.807, 2.05) is 56.3 Å². The Morgan fingerprint density at radius 3 is 2.45 bits per heavy atom. The Bertz CT molecular complexity index is 830. The van der Waals surface area contributed by atoms with Crippen molar-refractivity contribution in [3.8, 4) is 11.5 Å². The molecule has 0 aromatic heterocycles. The predicted molar refractivity (Wildman–Crippen MR) is 116 cm³/mol. The fraction of sp³-hybridized carbons (Fsp3) is 0.348. The summed E-state index contributed by atoms with van der Waals surface area (Å²) < 4.78 is 17.1. The minimum Gasteiger partial charge on any atom is -0.492 e. The smallest absolute Gasteiger partial charge is 0.248 e. The Hall–Kier alpha value is -2.99. The number of benzene rings is 2. The van der Waals surface area contributed by atoms with Crippen LogP contribution in [0.15, 0.2) is 48.5 Å². The largest absolute Gasteiger partial charge is 0.492 e. The molecule has 6 nitrogen and oxygen atoms in total. The Balaban J connectivity index is 1.84. The SMILES string of the molecule is CCOc1cc(N2CCOCC2)c(OCC)cc1NC(=O)C=Cc1ccccc1. The van der Waals surface area contributed by atoms with Gasteiger partial charge in [-0.15, -0.1) is 0 Å². The lowest BCUT2D eigenvalue weighted by Crippen LogP contribution is -2.36. The van der Waals surface area contributed by atoms with Gasteiger partial charge in [-0.1, -0.05) is 30.3 Å². The Kier molecular flexibility index (Phi) is 7.53. The molecule has 1 saturated heterocycles. The lowest BCUT2D eigenvalue weighted by atomic mass is 10.2. The number of nitrogens with zero attached hydrogens (tertiary/aromatic N) is 1. The normalized spacial score (nSPS) is 14.1. The van der Waals surface area contributed by atoms with Crippen molar-refractivity contribution in [1.29, 1.82) is 0 Å². The fourth-order valence-electron chi connectivity index (χ4n) is 3.15. The van der Waals surface area contributed by atoms with Gasteiger partial charge in [-0.25, -0.2) is 0 Å². The van der Waals surface area contributed by atoms with Crippen LogP contribution in [-0.4, -0.2) is 45.4 Å². The van der Waals surface area contributed by atoms with Crippen LogP contribution in [0.4, 0.5) is 11.4 Å². The summed E-state index contributed by atoms with van der Waals surface area (Å²) in [5, 5.41) is 2.92. The summed E-state index contributed by atoms with van der Waals surface area (Å²) in [6.07, 6.45) is 3.29.